The Labute approximate surface area is 266 Å². The summed E-state index contributed by atoms with van der Waals surface area (Å²) in [5.74, 6) is 0.682. The standard InChI is InChI=1S/C35H41N5O4S/c1-37-34(41)44-33-9-5-8-32(33)35(25-36,27-6-3-2-4-7-27)28-16-20-39(21-17-28)22-26-23-40(24-26)29-10-12-30(13-11-29)45(42,43)31-14-18-38-19-15-31/h2-4,6-7,10-15,18-19,26,28,32-33H,5,8-9,16-17,20-24H2,1H3,(H,37,41)/t32-,33-,35?/m0/s1. The largest absolute Gasteiger partial charge is 0.446 e. The Morgan fingerprint density at radius 3 is 2.29 bits per heavy atom. The number of pyridine rings is 1. The van der Waals surface area contributed by atoms with Crippen molar-refractivity contribution in [3.63, 3.8) is 0 Å². The zero-order valence-electron chi connectivity index (χ0n) is 25.7. The molecule has 1 saturated carbocycles. The van der Waals surface area contributed by atoms with E-state index >= 15 is 0 Å². The lowest BCUT2D eigenvalue weighted by atomic mass is 9.59. The monoisotopic (exact) mass is 627 g/mol. The molecule has 3 atom stereocenters. The van der Waals surface area contributed by atoms with Gasteiger partial charge in [0.15, 0.2) is 0 Å². The average Bonchev–Trinajstić information content (AvgIpc) is 3.53. The highest BCUT2D eigenvalue weighted by Gasteiger charge is 2.53. The Morgan fingerprint density at radius 2 is 1.64 bits per heavy atom. The number of benzene rings is 2. The summed E-state index contributed by atoms with van der Waals surface area (Å²) < 4.78 is 31.7. The minimum atomic E-state index is -3.56. The van der Waals surface area contributed by atoms with Crippen LogP contribution in [-0.2, 0) is 20.0 Å². The lowest BCUT2D eigenvalue weighted by molar-refractivity contribution is 0.0307. The van der Waals surface area contributed by atoms with Gasteiger partial charge in [0.2, 0.25) is 9.84 Å². The summed E-state index contributed by atoms with van der Waals surface area (Å²) in [7, 11) is -1.99. The maximum Gasteiger partial charge on any atom is 0.407 e. The van der Waals surface area contributed by atoms with Crippen LogP contribution in [-0.4, -0.2) is 70.3 Å². The zero-order valence-corrected chi connectivity index (χ0v) is 26.5. The first-order chi connectivity index (χ1) is 21.8. The van der Waals surface area contributed by atoms with E-state index in [2.05, 4.69) is 38.3 Å². The van der Waals surface area contributed by atoms with Gasteiger partial charge in [-0.2, -0.15) is 5.26 Å². The third-order valence-electron chi connectivity index (χ3n) is 10.1. The van der Waals surface area contributed by atoms with Crippen molar-refractivity contribution in [3.8, 4) is 6.07 Å². The molecule has 0 radical (unpaired) electrons. The van der Waals surface area contributed by atoms with E-state index in [9.17, 15) is 18.5 Å². The van der Waals surface area contributed by atoms with Crippen LogP contribution >= 0.6 is 0 Å². The number of nitrogens with zero attached hydrogens (tertiary/aromatic N) is 4. The van der Waals surface area contributed by atoms with Gasteiger partial charge in [0.1, 0.15) is 6.10 Å². The number of carbonyl (C=O) groups excluding carboxylic acids is 1. The minimum Gasteiger partial charge on any atom is -0.446 e. The third-order valence-corrected chi connectivity index (χ3v) is 11.9. The molecule has 3 aliphatic rings. The number of ether oxygens (including phenoxy) is 1. The number of nitrogens with one attached hydrogen (secondary N) is 1. The number of sulfone groups is 1. The maximum atomic E-state index is 12.9. The van der Waals surface area contributed by atoms with Gasteiger partial charge in [-0.25, -0.2) is 13.2 Å². The molecule has 0 spiro atoms. The number of hydrogen-bond donors (Lipinski definition) is 1. The Balaban J connectivity index is 1.07. The predicted molar refractivity (Wildman–Crippen MR) is 171 cm³/mol. The fraction of sp³-hybridized carbons (Fsp3) is 0.457. The SMILES string of the molecule is CNC(=O)O[C@H]1CCC[C@@H]1C(C#N)(c1ccccc1)C1CCN(CC2CN(c3ccc(S(=O)(=O)c4ccncc4)cc3)C2)CC1. The van der Waals surface area contributed by atoms with Gasteiger partial charge in [-0.1, -0.05) is 30.3 Å². The second kappa shape index (κ2) is 13.2. The van der Waals surface area contributed by atoms with Gasteiger partial charge in [0.25, 0.3) is 0 Å². The Morgan fingerprint density at radius 1 is 0.978 bits per heavy atom. The first-order valence-corrected chi connectivity index (χ1v) is 17.4. The molecule has 3 heterocycles. The summed E-state index contributed by atoms with van der Waals surface area (Å²) in [6, 6.07) is 23.2. The van der Waals surface area contributed by atoms with E-state index < -0.39 is 21.3 Å². The molecule has 6 rings (SSSR count). The molecular formula is C35H41N5O4S. The molecule has 2 saturated heterocycles. The quantitative estimate of drug-likeness (QED) is 0.351. The summed E-state index contributed by atoms with van der Waals surface area (Å²) in [5.41, 5.74) is 1.37. The highest BCUT2D eigenvalue weighted by atomic mass is 32.2. The first kappa shape index (κ1) is 31.1. The highest BCUT2D eigenvalue weighted by Crippen LogP contribution is 2.51. The van der Waals surface area contributed by atoms with Crippen molar-refractivity contribution >= 4 is 21.6 Å². The average molecular weight is 628 g/mol. The molecule has 0 bridgehead atoms. The predicted octanol–water partition coefficient (Wildman–Crippen LogP) is 5.05. The molecule has 1 amide bonds. The van der Waals surface area contributed by atoms with Crippen molar-refractivity contribution in [2.45, 2.75) is 53.4 Å². The molecule has 3 aromatic rings. The minimum absolute atomic E-state index is 0.0370. The van der Waals surface area contributed by atoms with E-state index in [-0.39, 0.29) is 27.7 Å². The topological polar surface area (TPSA) is 116 Å². The Bertz CT molecular complexity index is 1600. The van der Waals surface area contributed by atoms with Crippen LogP contribution in [0.2, 0.25) is 0 Å². The van der Waals surface area contributed by atoms with Gasteiger partial charge < -0.3 is 19.9 Å². The van der Waals surface area contributed by atoms with Gasteiger partial charge in [0, 0.05) is 56.6 Å². The molecule has 3 fully saturated rings. The second-order valence-electron chi connectivity index (χ2n) is 12.6. The van der Waals surface area contributed by atoms with Gasteiger partial charge in [-0.3, -0.25) is 4.98 Å². The Hall–Kier alpha value is -3.94. The van der Waals surface area contributed by atoms with Gasteiger partial charge in [-0.05, 0) is 93.1 Å². The molecule has 2 aromatic carbocycles. The molecule has 1 N–H and O–H groups in total. The third kappa shape index (κ3) is 6.16. The number of alkyl carbamates (subject to hydrolysis) is 1. The van der Waals surface area contributed by atoms with Crippen LogP contribution < -0.4 is 10.2 Å². The van der Waals surface area contributed by atoms with Crippen LogP contribution in [0.4, 0.5) is 10.5 Å². The van der Waals surface area contributed by atoms with Crippen LogP contribution in [0.3, 0.4) is 0 Å². The van der Waals surface area contributed by atoms with E-state index in [1.807, 2.05) is 30.3 Å². The maximum absolute atomic E-state index is 12.9. The molecule has 1 aliphatic carbocycles. The summed E-state index contributed by atoms with van der Waals surface area (Å²) in [6.07, 6.45) is 6.74. The summed E-state index contributed by atoms with van der Waals surface area (Å²) >= 11 is 0. The first-order valence-electron chi connectivity index (χ1n) is 15.9. The number of carbonyl (C=O) groups is 1. The van der Waals surface area contributed by atoms with Crippen molar-refractivity contribution in [1.82, 2.24) is 15.2 Å². The van der Waals surface area contributed by atoms with Crippen LogP contribution in [0.25, 0.3) is 0 Å². The lowest BCUT2D eigenvalue weighted by Crippen LogP contribution is -2.54. The van der Waals surface area contributed by atoms with Crippen molar-refractivity contribution in [1.29, 1.82) is 5.26 Å². The van der Waals surface area contributed by atoms with Gasteiger partial charge >= 0.3 is 6.09 Å². The number of hydrogen-bond acceptors (Lipinski definition) is 8. The number of amides is 1. The number of piperidine rings is 1. The zero-order chi connectivity index (χ0) is 31.4. The Kier molecular flexibility index (Phi) is 9.11. The molecule has 45 heavy (non-hydrogen) atoms. The fourth-order valence-corrected chi connectivity index (χ4v) is 9.06. The van der Waals surface area contributed by atoms with E-state index in [0.717, 1.165) is 76.1 Å². The number of rotatable bonds is 9. The van der Waals surface area contributed by atoms with Crippen LogP contribution in [0, 0.1) is 29.1 Å². The van der Waals surface area contributed by atoms with Crippen LogP contribution in [0.1, 0.15) is 37.7 Å². The fourth-order valence-electron chi connectivity index (χ4n) is 7.81. The van der Waals surface area contributed by atoms with Crippen molar-refractivity contribution in [3.05, 3.63) is 84.7 Å². The van der Waals surface area contributed by atoms with Gasteiger partial charge in [-0.15, -0.1) is 0 Å². The van der Waals surface area contributed by atoms with Crippen molar-refractivity contribution in [2.75, 3.05) is 44.7 Å². The normalized spacial score (nSPS) is 22.6. The molecule has 9 nitrogen and oxygen atoms in total. The summed E-state index contributed by atoms with van der Waals surface area (Å²) in [5, 5.41) is 13.5. The summed E-state index contributed by atoms with van der Waals surface area (Å²) in [6.45, 7) is 4.75. The van der Waals surface area contributed by atoms with E-state index in [1.54, 1.807) is 19.2 Å². The van der Waals surface area contributed by atoms with Crippen LogP contribution in [0.15, 0.2) is 88.9 Å². The molecule has 1 unspecified atom stereocenters. The molecule has 10 heteroatoms. The number of anilines is 1. The number of nitriles is 1. The van der Waals surface area contributed by atoms with E-state index in [0.29, 0.717) is 5.92 Å². The van der Waals surface area contributed by atoms with E-state index in [4.69, 9.17) is 4.74 Å². The number of likely N-dealkylation sites (tertiary alicyclic amines) is 1. The summed E-state index contributed by atoms with van der Waals surface area (Å²) in [4.78, 5) is 21.5. The number of aromatic nitrogens is 1. The highest BCUT2D eigenvalue weighted by molar-refractivity contribution is 7.91. The second-order valence-corrected chi connectivity index (χ2v) is 14.6. The molecule has 236 valence electrons. The molecular weight excluding hydrogens is 586 g/mol. The van der Waals surface area contributed by atoms with Crippen molar-refractivity contribution in [2.24, 2.45) is 17.8 Å². The van der Waals surface area contributed by atoms with Crippen LogP contribution in [0.5, 0.6) is 0 Å². The van der Waals surface area contributed by atoms with Gasteiger partial charge in [0.05, 0.1) is 21.3 Å². The lowest BCUT2D eigenvalue weighted by Gasteiger charge is -2.47. The molecule has 2 aliphatic heterocycles. The van der Waals surface area contributed by atoms with E-state index in [1.165, 1.54) is 24.5 Å². The smallest absolute Gasteiger partial charge is 0.407 e. The van der Waals surface area contributed by atoms with Crippen molar-refractivity contribution < 1.29 is 17.9 Å². The molecule has 1 aromatic heterocycles.